The highest BCUT2D eigenvalue weighted by Gasteiger charge is 2.35. The first-order chi connectivity index (χ1) is 17.0. The molecule has 1 unspecified atom stereocenters. The maximum Gasteiger partial charge on any atom is 0.336 e. The van der Waals surface area contributed by atoms with Crippen molar-refractivity contribution in [1.29, 1.82) is 0 Å². The van der Waals surface area contributed by atoms with Crippen LogP contribution in [-0.2, 0) is 6.42 Å². The zero-order chi connectivity index (χ0) is 25.8. The van der Waals surface area contributed by atoms with Crippen LogP contribution in [0.5, 0.6) is 0 Å². The Morgan fingerprint density at radius 1 is 1.14 bits per heavy atom. The van der Waals surface area contributed by atoms with Gasteiger partial charge in [0.25, 0.3) is 0 Å². The molecule has 2 heterocycles. The van der Waals surface area contributed by atoms with E-state index in [4.69, 9.17) is 16.6 Å². The van der Waals surface area contributed by atoms with E-state index in [-0.39, 0.29) is 17.2 Å². The summed E-state index contributed by atoms with van der Waals surface area (Å²) in [5, 5.41) is 15.9. The Labute approximate surface area is 214 Å². The van der Waals surface area contributed by atoms with Gasteiger partial charge in [-0.05, 0) is 78.6 Å². The molecule has 1 N–H and O–H groups in total. The summed E-state index contributed by atoms with van der Waals surface area (Å²) in [6, 6.07) is 13.4. The van der Waals surface area contributed by atoms with Crippen LogP contribution >= 0.6 is 11.6 Å². The van der Waals surface area contributed by atoms with Gasteiger partial charge in [0.05, 0.1) is 28.2 Å². The van der Waals surface area contributed by atoms with Crippen LogP contribution in [0.25, 0.3) is 28.2 Å². The summed E-state index contributed by atoms with van der Waals surface area (Å²) in [4.78, 5) is 17.4. The van der Waals surface area contributed by atoms with Crippen LogP contribution in [0.2, 0.25) is 5.15 Å². The van der Waals surface area contributed by atoms with E-state index >= 15 is 0 Å². The molecule has 1 aliphatic carbocycles. The van der Waals surface area contributed by atoms with Crippen LogP contribution in [0.1, 0.15) is 60.1 Å². The van der Waals surface area contributed by atoms with Gasteiger partial charge in [0.2, 0.25) is 0 Å². The minimum atomic E-state index is -0.947. The maximum atomic E-state index is 13.4. The number of benzene rings is 2. The van der Waals surface area contributed by atoms with E-state index < -0.39 is 5.97 Å². The number of rotatable bonds is 3. The van der Waals surface area contributed by atoms with Crippen LogP contribution in [0.3, 0.4) is 0 Å². The van der Waals surface area contributed by atoms with Crippen molar-refractivity contribution < 1.29 is 14.3 Å². The number of carbonyl (C=O) groups is 1. The minimum absolute atomic E-state index is 0.0463. The van der Waals surface area contributed by atoms with Gasteiger partial charge in [-0.15, -0.1) is 0 Å². The lowest BCUT2D eigenvalue weighted by Gasteiger charge is -2.36. The Bertz CT molecular complexity index is 1530. The average molecular weight is 504 g/mol. The predicted molar refractivity (Wildman–Crippen MR) is 141 cm³/mol. The van der Waals surface area contributed by atoms with E-state index in [0.717, 1.165) is 28.8 Å². The molecule has 0 saturated heterocycles. The number of fused-ring (bicyclic) bond motifs is 2. The van der Waals surface area contributed by atoms with Crippen molar-refractivity contribution in [1.82, 2.24) is 14.8 Å². The van der Waals surface area contributed by atoms with Gasteiger partial charge in [-0.3, -0.25) is 0 Å². The second kappa shape index (κ2) is 8.86. The van der Waals surface area contributed by atoms with E-state index in [9.17, 15) is 14.3 Å². The van der Waals surface area contributed by atoms with Crippen molar-refractivity contribution in [3.05, 3.63) is 87.6 Å². The lowest BCUT2D eigenvalue weighted by atomic mass is 9.69. The molecule has 0 saturated carbocycles. The second-order valence-electron chi connectivity index (χ2n) is 10.5. The molecule has 2 aromatic carbocycles. The summed E-state index contributed by atoms with van der Waals surface area (Å²) < 4.78 is 15.0. The Kier molecular flexibility index (Phi) is 5.95. The molecule has 0 bridgehead atoms. The molecule has 0 fully saturated rings. The van der Waals surface area contributed by atoms with Gasteiger partial charge >= 0.3 is 5.97 Å². The maximum absolute atomic E-state index is 13.4. The van der Waals surface area contributed by atoms with Crippen molar-refractivity contribution in [2.45, 2.75) is 40.5 Å². The van der Waals surface area contributed by atoms with Crippen molar-refractivity contribution in [2.24, 2.45) is 11.3 Å². The molecule has 36 heavy (non-hydrogen) atoms. The van der Waals surface area contributed by atoms with Gasteiger partial charge < -0.3 is 5.11 Å². The molecule has 1 aliphatic rings. The number of para-hydroxylation sites is 1. The topological polar surface area (TPSA) is 68.0 Å². The number of nitrogens with zero attached hydrogens (tertiary/aromatic N) is 3. The molecule has 0 radical (unpaired) electrons. The lowest BCUT2D eigenvalue weighted by molar-refractivity contribution is 0.0696. The third-order valence-corrected chi connectivity index (χ3v) is 7.45. The molecular weight excluding hydrogens is 477 g/mol. The van der Waals surface area contributed by atoms with E-state index in [1.807, 2.05) is 37.3 Å². The largest absolute Gasteiger partial charge is 0.478 e. The zero-order valence-electron chi connectivity index (χ0n) is 20.6. The molecule has 184 valence electrons. The summed E-state index contributed by atoms with van der Waals surface area (Å²) in [7, 11) is 0. The van der Waals surface area contributed by atoms with E-state index in [2.05, 4.69) is 25.9 Å². The van der Waals surface area contributed by atoms with E-state index in [0.29, 0.717) is 39.4 Å². The highest BCUT2D eigenvalue weighted by atomic mass is 35.5. The third-order valence-electron chi connectivity index (χ3n) is 7.09. The normalized spacial score (nSPS) is 16.9. The molecule has 2 aromatic heterocycles. The van der Waals surface area contributed by atoms with Crippen LogP contribution in [0.15, 0.2) is 48.5 Å². The summed E-state index contributed by atoms with van der Waals surface area (Å²) in [6.07, 6.45) is 3.37. The highest BCUT2D eigenvalue weighted by molar-refractivity contribution is 6.31. The number of halogens is 2. The van der Waals surface area contributed by atoms with E-state index in [1.54, 1.807) is 16.8 Å². The fraction of sp³-hybridized carbons (Fsp3) is 0.276. The molecule has 5 nitrogen and oxygen atoms in total. The van der Waals surface area contributed by atoms with Crippen LogP contribution in [0, 0.1) is 24.1 Å². The number of hydrogen-bond acceptors (Lipinski definition) is 3. The number of aromatic carboxylic acids is 1. The Hall–Kier alpha value is -3.51. The Morgan fingerprint density at radius 3 is 2.50 bits per heavy atom. The van der Waals surface area contributed by atoms with Crippen molar-refractivity contribution in [3.8, 4) is 5.69 Å². The molecule has 1 atom stereocenters. The van der Waals surface area contributed by atoms with Gasteiger partial charge in [-0.25, -0.2) is 18.9 Å². The minimum Gasteiger partial charge on any atom is -0.478 e. The Morgan fingerprint density at radius 2 is 1.83 bits per heavy atom. The quantitative estimate of drug-likeness (QED) is 0.317. The first kappa shape index (κ1) is 24.2. The molecular formula is C29H27ClFN3O2. The summed E-state index contributed by atoms with van der Waals surface area (Å²) in [5.41, 5.74) is 5.44. The number of aryl methyl sites for hydroxylation is 1. The van der Waals surface area contributed by atoms with Crippen molar-refractivity contribution in [2.75, 3.05) is 0 Å². The van der Waals surface area contributed by atoms with Crippen LogP contribution < -0.4 is 0 Å². The predicted octanol–water partition coefficient (Wildman–Crippen LogP) is 7.37. The van der Waals surface area contributed by atoms with Gasteiger partial charge in [0.15, 0.2) is 0 Å². The van der Waals surface area contributed by atoms with E-state index in [1.165, 1.54) is 12.1 Å². The molecule has 5 rings (SSSR count). The SMILES string of the molecule is Cc1nn(-c2ccc(F)cc2)c(Cl)c1/C=C1/CC(C(C)(C)C)Cc2c1nc1ccccc1c2C(=O)O. The number of hydrogen-bond donors (Lipinski definition) is 1. The summed E-state index contributed by atoms with van der Waals surface area (Å²) in [6.45, 7) is 8.42. The number of allylic oxidation sites excluding steroid dienone is 1. The lowest BCUT2D eigenvalue weighted by Crippen LogP contribution is -2.28. The molecule has 0 aliphatic heterocycles. The molecule has 7 heteroatoms. The summed E-state index contributed by atoms with van der Waals surface area (Å²) in [5.74, 6) is -1.07. The van der Waals surface area contributed by atoms with Crippen molar-refractivity contribution >= 4 is 40.1 Å². The zero-order valence-corrected chi connectivity index (χ0v) is 21.4. The fourth-order valence-electron chi connectivity index (χ4n) is 4.98. The number of pyridine rings is 1. The summed E-state index contributed by atoms with van der Waals surface area (Å²) >= 11 is 6.80. The second-order valence-corrected chi connectivity index (χ2v) is 10.8. The Balaban J connectivity index is 1.74. The number of aromatic nitrogens is 3. The standard InChI is InChI=1S/C29H27ClFN3O2/c1-16-22(27(30)34(33-16)20-11-9-19(31)10-12-20)14-17-13-18(29(2,3)4)15-23-25(28(35)36)21-7-5-6-8-24(21)32-26(17)23/h5-12,14,18H,13,15H2,1-4H3,(H,35,36)/b17-14-. The monoisotopic (exact) mass is 503 g/mol. The van der Waals surface area contributed by atoms with Crippen LogP contribution in [0.4, 0.5) is 4.39 Å². The highest BCUT2D eigenvalue weighted by Crippen LogP contribution is 2.45. The van der Waals surface area contributed by atoms with Gasteiger partial charge in [-0.1, -0.05) is 50.6 Å². The van der Waals surface area contributed by atoms with Gasteiger partial charge in [-0.2, -0.15) is 5.10 Å². The first-order valence-electron chi connectivity index (χ1n) is 11.9. The third kappa shape index (κ3) is 4.20. The molecule has 0 amide bonds. The first-order valence-corrected chi connectivity index (χ1v) is 12.3. The smallest absolute Gasteiger partial charge is 0.336 e. The van der Waals surface area contributed by atoms with Gasteiger partial charge in [0.1, 0.15) is 11.0 Å². The fourth-order valence-corrected chi connectivity index (χ4v) is 5.31. The van der Waals surface area contributed by atoms with Crippen LogP contribution in [-0.4, -0.2) is 25.8 Å². The van der Waals surface area contributed by atoms with Crippen molar-refractivity contribution in [3.63, 3.8) is 0 Å². The molecule has 0 spiro atoms. The average Bonchev–Trinajstić information content (AvgIpc) is 3.10. The number of carboxylic acid groups (broad SMARTS) is 1. The number of carboxylic acids is 1. The molecule has 4 aromatic rings. The van der Waals surface area contributed by atoms with Gasteiger partial charge in [0, 0.05) is 10.9 Å².